The Morgan fingerprint density at radius 1 is 1.21 bits per heavy atom. The number of nitrogens with one attached hydrogen (secondary N) is 2. The van der Waals surface area contributed by atoms with Crippen LogP contribution in [0.15, 0.2) is 36.9 Å². The number of nitrogens with zero attached hydrogens (tertiary/aromatic N) is 6. The van der Waals surface area contributed by atoms with E-state index in [-0.39, 0.29) is 24.4 Å². The minimum Gasteiger partial charge on any atom is -0.368 e. The van der Waals surface area contributed by atoms with Crippen molar-refractivity contribution in [1.82, 2.24) is 39.9 Å². The maximum Gasteiger partial charge on any atom is 0.241 e. The first-order valence-electron chi connectivity index (χ1n) is 11.6. The van der Waals surface area contributed by atoms with Crippen molar-refractivity contribution >= 4 is 22.9 Å². The molecule has 0 aliphatic carbocycles. The first-order valence-corrected chi connectivity index (χ1v) is 11.6. The quantitative estimate of drug-likeness (QED) is 0.403. The van der Waals surface area contributed by atoms with Gasteiger partial charge < -0.3 is 20.9 Å². The number of pyridine rings is 1. The number of fused-ring (bicyclic) bond motifs is 1. The van der Waals surface area contributed by atoms with E-state index in [1.165, 1.54) is 0 Å². The highest BCUT2D eigenvalue weighted by molar-refractivity contribution is 5.95. The Morgan fingerprint density at radius 2 is 2.03 bits per heavy atom. The lowest BCUT2D eigenvalue weighted by Crippen LogP contribution is -2.44. The van der Waals surface area contributed by atoms with Crippen molar-refractivity contribution in [3.05, 3.63) is 42.6 Å². The first-order chi connectivity index (χ1) is 16.5. The van der Waals surface area contributed by atoms with Crippen LogP contribution in [0.2, 0.25) is 0 Å². The van der Waals surface area contributed by atoms with Gasteiger partial charge in [0, 0.05) is 52.4 Å². The molecular formula is C24H29N9O. The lowest BCUT2D eigenvalue weighted by molar-refractivity contribution is -0.122. The van der Waals surface area contributed by atoms with Crippen molar-refractivity contribution in [3.8, 4) is 22.4 Å². The van der Waals surface area contributed by atoms with Crippen LogP contribution in [0.1, 0.15) is 25.5 Å². The standard InChI is InChI=1S/C24H29N9O/c1-3-17-9-21(31-24(25)30-17)20-12-27-23-19(20)8-15(10-26-23)16-11-28-33(13-16)14-22(34)29-18-4-6-32(2)7-5-18/h8-13,18H,3-7,14H2,1-2H3,(H,26,27)(H,29,34)(H2,25,30,31). The summed E-state index contributed by atoms with van der Waals surface area (Å²) in [7, 11) is 2.11. The number of hydrogen-bond acceptors (Lipinski definition) is 7. The van der Waals surface area contributed by atoms with Crippen LogP contribution in [0.25, 0.3) is 33.4 Å². The predicted octanol–water partition coefficient (Wildman–Crippen LogP) is 2.24. The summed E-state index contributed by atoms with van der Waals surface area (Å²) < 4.78 is 1.67. The molecule has 1 amide bonds. The zero-order valence-electron chi connectivity index (χ0n) is 19.5. The van der Waals surface area contributed by atoms with Crippen LogP contribution in [0.5, 0.6) is 0 Å². The molecule has 4 aromatic heterocycles. The van der Waals surface area contributed by atoms with Crippen LogP contribution in [-0.2, 0) is 17.8 Å². The van der Waals surface area contributed by atoms with E-state index in [4.69, 9.17) is 5.73 Å². The first kappa shape index (κ1) is 22.0. The monoisotopic (exact) mass is 459 g/mol. The molecule has 1 fully saturated rings. The molecule has 0 atom stereocenters. The van der Waals surface area contributed by atoms with E-state index in [9.17, 15) is 4.79 Å². The van der Waals surface area contributed by atoms with Crippen LogP contribution in [0, 0.1) is 0 Å². The molecule has 1 saturated heterocycles. The number of nitrogens with two attached hydrogens (primary N) is 1. The Bertz CT molecular complexity index is 1320. The van der Waals surface area contributed by atoms with Crippen LogP contribution in [0.4, 0.5) is 5.95 Å². The number of hydrogen-bond donors (Lipinski definition) is 3. The number of aromatic nitrogens is 6. The molecule has 0 unspecified atom stereocenters. The van der Waals surface area contributed by atoms with E-state index in [0.717, 1.165) is 71.5 Å². The third-order valence-corrected chi connectivity index (χ3v) is 6.32. The highest BCUT2D eigenvalue weighted by atomic mass is 16.2. The molecule has 0 bridgehead atoms. The minimum atomic E-state index is -0.0150. The Kier molecular flexibility index (Phi) is 5.97. The van der Waals surface area contributed by atoms with E-state index in [0.29, 0.717) is 0 Å². The fraction of sp³-hybridized carbons (Fsp3) is 0.375. The van der Waals surface area contributed by atoms with E-state index in [1.807, 2.05) is 25.4 Å². The molecule has 5 heterocycles. The number of aromatic amines is 1. The number of anilines is 1. The fourth-order valence-corrected chi connectivity index (χ4v) is 4.38. The molecule has 176 valence electrons. The molecule has 0 aromatic carbocycles. The molecular weight excluding hydrogens is 430 g/mol. The molecule has 0 spiro atoms. The molecule has 34 heavy (non-hydrogen) atoms. The zero-order valence-corrected chi connectivity index (χ0v) is 19.5. The second-order valence-electron chi connectivity index (χ2n) is 8.85. The highest BCUT2D eigenvalue weighted by Gasteiger charge is 2.19. The van der Waals surface area contributed by atoms with Gasteiger partial charge in [-0.05, 0) is 51.5 Å². The van der Waals surface area contributed by atoms with Gasteiger partial charge in [-0.15, -0.1) is 0 Å². The zero-order chi connectivity index (χ0) is 23.7. The van der Waals surface area contributed by atoms with Crippen LogP contribution >= 0.6 is 0 Å². The summed E-state index contributed by atoms with van der Waals surface area (Å²) in [5, 5.41) is 8.46. The second-order valence-corrected chi connectivity index (χ2v) is 8.85. The van der Waals surface area contributed by atoms with Gasteiger partial charge >= 0.3 is 0 Å². The van der Waals surface area contributed by atoms with Gasteiger partial charge in [-0.25, -0.2) is 15.0 Å². The van der Waals surface area contributed by atoms with Gasteiger partial charge in [-0.3, -0.25) is 9.48 Å². The molecule has 10 heteroatoms. The van der Waals surface area contributed by atoms with Gasteiger partial charge in [-0.1, -0.05) is 6.92 Å². The maximum atomic E-state index is 12.5. The molecule has 0 saturated carbocycles. The number of amides is 1. The Hall–Kier alpha value is -3.79. The summed E-state index contributed by atoms with van der Waals surface area (Å²) in [4.78, 5) is 31.3. The van der Waals surface area contributed by atoms with Crippen molar-refractivity contribution in [2.45, 2.75) is 38.8 Å². The summed E-state index contributed by atoms with van der Waals surface area (Å²) in [5.74, 6) is 0.242. The number of rotatable bonds is 6. The number of likely N-dealkylation sites (tertiary alicyclic amines) is 1. The van der Waals surface area contributed by atoms with E-state index >= 15 is 0 Å². The van der Waals surface area contributed by atoms with Gasteiger partial charge in [0.1, 0.15) is 12.2 Å². The molecule has 5 rings (SSSR count). The predicted molar refractivity (Wildman–Crippen MR) is 131 cm³/mol. The maximum absolute atomic E-state index is 12.5. The largest absolute Gasteiger partial charge is 0.368 e. The summed E-state index contributed by atoms with van der Waals surface area (Å²) >= 11 is 0. The van der Waals surface area contributed by atoms with Crippen LogP contribution in [0.3, 0.4) is 0 Å². The molecule has 4 aromatic rings. The van der Waals surface area contributed by atoms with E-state index < -0.39 is 0 Å². The summed E-state index contributed by atoms with van der Waals surface area (Å²) in [6.45, 7) is 4.24. The molecule has 10 nitrogen and oxygen atoms in total. The number of aryl methyl sites for hydroxylation is 1. The molecule has 4 N–H and O–H groups in total. The number of H-pyrrole nitrogens is 1. The Balaban J connectivity index is 1.35. The second kappa shape index (κ2) is 9.22. The highest BCUT2D eigenvalue weighted by Crippen LogP contribution is 2.30. The van der Waals surface area contributed by atoms with Crippen molar-refractivity contribution in [2.75, 3.05) is 25.9 Å². The lowest BCUT2D eigenvalue weighted by Gasteiger charge is -2.29. The average molecular weight is 460 g/mol. The summed E-state index contributed by atoms with van der Waals surface area (Å²) in [6.07, 6.45) is 10.1. The number of carbonyl (C=O) groups is 1. The molecule has 1 aliphatic rings. The van der Waals surface area contributed by atoms with Gasteiger partial charge in [0.05, 0.1) is 11.9 Å². The number of carbonyl (C=O) groups excluding carboxylic acids is 1. The number of piperidine rings is 1. The van der Waals surface area contributed by atoms with Gasteiger partial charge in [0.2, 0.25) is 11.9 Å². The molecule has 1 aliphatic heterocycles. The van der Waals surface area contributed by atoms with Gasteiger partial charge in [0.15, 0.2) is 0 Å². The van der Waals surface area contributed by atoms with Gasteiger partial charge in [-0.2, -0.15) is 5.10 Å². The summed E-state index contributed by atoms with van der Waals surface area (Å²) in [6, 6.07) is 4.24. The normalized spacial score (nSPS) is 15.1. The Labute approximate surface area is 197 Å². The number of nitrogen functional groups attached to an aromatic ring is 1. The smallest absolute Gasteiger partial charge is 0.241 e. The van der Waals surface area contributed by atoms with Crippen molar-refractivity contribution in [3.63, 3.8) is 0 Å². The summed E-state index contributed by atoms with van der Waals surface area (Å²) in [5.41, 5.74) is 11.1. The van der Waals surface area contributed by atoms with Crippen molar-refractivity contribution in [1.29, 1.82) is 0 Å². The third-order valence-electron chi connectivity index (χ3n) is 6.32. The van der Waals surface area contributed by atoms with Crippen LogP contribution < -0.4 is 11.1 Å². The topological polar surface area (TPSA) is 131 Å². The van der Waals surface area contributed by atoms with E-state index in [2.05, 4.69) is 48.4 Å². The van der Waals surface area contributed by atoms with Gasteiger partial charge in [0.25, 0.3) is 0 Å². The van der Waals surface area contributed by atoms with Crippen molar-refractivity contribution < 1.29 is 4.79 Å². The Morgan fingerprint density at radius 3 is 2.82 bits per heavy atom. The van der Waals surface area contributed by atoms with Crippen LogP contribution in [-0.4, -0.2) is 66.7 Å². The average Bonchev–Trinajstić information content (AvgIpc) is 3.46. The fourth-order valence-electron chi connectivity index (χ4n) is 4.38. The molecule has 0 radical (unpaired) electrons. The van der Waals surface area contributed by atoms with Crippen molar-refractivity contribution in [2.24, 2.45) is 0 Å². The van der Waals surface area contributed by atoms with E-state index in [1.54, 1.807) is 17.1 Å². The minimum absolute atomic E-state index is 0.0150. The lowest BCUT2D eigenvalue weighted by atomic mass is 10.1. The SMILES string of the molecule is CCc1cc(-c2c[nH]c3ncc(-c4cnn(CC(=O)NC5CCN(C)CC5)c4)cc23)nc(N)n1. The third kappa shape index (κ3) is 4.62.